The molecule has 0 bridgehead atoms. The smallest absolute Gasteiger partial charge is 0.283 e. The van der Waals surface area contributed by atoms with Crippen LogP contribution in [0.4, 0.5) is 0 Å². The standard InChI is InChI=1S/C20H18N6O2S2/c1-2-14-17(30-26-23-14)19(28)25-24-18(27)13-9-7-12(8-10-13)11-29-20-21-15-5-3-4-6-16(15)22-20/h3-10H,2,11H2,1H3,(H,21,22)(H,24,27)(H,25,28). The van der Waals surface area contributed by atoms with Gasteiger partial charge in [0.05, 0.1) is 16.7 Å². The van der Waals surface area contributed by atoms with E-state index in [0.29, 0.717) is 22.6 Å². The molecule has 152 valence electrons. The summed E-state index contributed by atoms with van der Waals surface area (Å²) < 4.78 is 3.77. The lowest BCUT2D eigenvalue weighted by atomic mass is 10.1. The van der Waals surface area contributed by atoms with Crippen molar-refractivity contribution in [1.82, 2.24) is 30.4 Å². The number of H-pyrrole nitrogens is 1. The van der Waals surface area contributed by atoms with E-state index in [1.54, 1.807) is 23.9 Å². The van der Waals surface area contributed by atoms with E-state index >= 15 is 0 Å². The molecule has 0 saturated heterocycles. The number of benzene rings is 2. The first kappa shape index (κ1) is 20.0. The van der Waals surface area contributed by atoms with Gasteiger partial charge in [0.1, 0.15) is 4.88 Å². The fourth-order valence-electron chi connectivity index (χ4n) is 2.76. The molecule has 2 aromatic heterocycles. The van der Waals surface area contributed by atoms with Gasteiger partial charge in [-0.3, -0.25) is 20.4 Å². The Labute approximate surface area is 180 Å². The average Bonchev–Trinajstić information content (AvgIpc) is 3.42. The van der Waals surface area contributed by atoms with Gasteiger partial charge in [-0.15, -0.1) is 5.10 Å². The van der Waals surface area contributed by atoms with Crippen LogP contribution in [0.2, 0.25) is 0 Å². The molecule has 4 rings (SSSR count). The van der Waals surface area contributed by atoms with Gasteiger partial charge in [-0.05, 0) is 47.8 Å². The lowest BCUT2D eigenvalue weighted by Gasteiger charge is -2.07. The zero-order valence-electron chi connectivity index (χ0n) is 16.0. The number of aromatic amines is 1. The van der Waals surface area contributed by atoms with E-state index in [-0.39, 0.29) is 0 Å². The van der Waals surface area contributed by atoms with Crippen LogP contribution >= 0.6 is 23.3 Å². The number of fused-ring (bicyclic) bond motifs is 1. The molecule has 4 aromatic rings. The minimum atomic E-state index is -0.422. The average molecular weight is 439 g/mol. The van der Waals surface area contributed by atoms with Crippen LogP contribution in [-0.4, -0.2) is 31.4 Å². The highest BCUT2D eigenvalue weighted by Gasteiger charge is 2.16. The van der Waals surface area contributed by atoms with E-state index in [0.717, 1.165) is 39.0 Å². The highest BCUT2D eigenvalue weighted by Crippen LogP contribution is 2.23. The molecule has 0 aliphatic carbocycles. The Morgan fingerprint density at radius 1 is 1.07 bits per heavy atom. The Morgan fingerprint density at radius 3 is 2.60 bits per heavy atom. The summed E-state index contributed by atoms with van der Waals surface area (Å²) in [4.78, 5) is 32.7. The topological polar surface area (TPSA) is 113 Å². The maximum Gasteiger partial charge on any atom is 0.283 e. The summed E-state index contributed by atoms with van der Waals surface area (Å²) in [5, 5.41) is 4.74. The van der Waals surface area contributed by atoms with E-state index in [1.165, 1.54) is 0 Å². The normalized spacial score (nSPS) is 10.8. The number of hydrogen-bond acceptors (Lipinski definition) is 7. The van der Waals surface area contributed by atoms with Crippen LogP contribution in [0.3, 0.4) is 0 Å². The molecular weight excluding hydrogens is 420 g/mol. The lowest BCUT2D eigenvalue weighted by Crippen LogP contribution is -2.41. The molecule has 8 nitrogen and oxygen atoms in total. The zero-order chi connectivity index (χ0) is 20.9. The number of para-hydroxylation sites is 2. The number of imidazole rings is 1. The van der Waals surface area contributed by atoms with Crippen LogP contribution in [0.15, 0.2) is 53.7 Å². The van der Waals surface area contributed by atoms with Gasteiger partial charge in [0.25, 0.3) is 11.8 Å². The van der Waals surface area contributed by atoms with E-state index in [2.05, 4.69) is 30.4 Å². The fraction of sp³-hybridized carbons (Fsp3) is 0.150. The number of aromatic nitrogens is 4. The number of rotatable bonds is 6. The summed E-state index contributed by atoms with van der Waals surface area (Å²) in [7, 11) is 0. The summed E-state index contributed by atoms with van der Waals surface area (Å²) in [5.74, 6) is -0.0965. The number of hydrogen-bond donors (Lipinski definition) is 3. The van der Waals surface area contributed by atoms with E-state index in [1.807, 2.05) is 43.3 Å². The molecule has 0 fully saturated rings. The molecule has 0 spiro atoms. The van der Waals surface area contributed by atoms with Crippen molar-refractivity contribution in [3.05, 3.63) is 70.2 Å². The van der Waals surface area contributed by atoms with Crippen molar-refractivity contribution in [3.63, 3.8) is 0 Å². The quantitative estimate of drug-likeness (QED) is 0.314. The van der Waals surface area contributed by atoms with Gasteiger partial charge < -0.3 is 4.98 Å². The lowest BCUT2D eigenvalue weighted by molar-refractivity contribution is 0.0848. The Morgan fingerprint density at radius 2 is 1.83 bits per heavy atom. The van der Waals surface area contributed by atoms with E-state index in [4.69, 9.17) is 0 Å². The van der Waals surface area contributed by atoms with Crippen molar-refractivity contribution in [3.8, 4) is 0 Å². The third-order valence-corrected chi connectivity index (χ3v) is 6.06. The molecule has 0 saturated carbocycles. The van der Waals surface area contributed by atoms with Gasteiger partial charge in [-0.25, -0.2) is 4.98 Å². The second kappa shape index (κ2) is 9.06. The predicted molar refractivity (Wildman–Crippen MR) is 116 cm³/mol. The van der Waals surface area contributed by atoms with Crippen molar-refractivity contribution >= 4 is 46.1 Å². The first-order valence-electron chi connectivity index (χ1n) is 9.22. The summed E-state index contributed by atoms with van der Waals surface area (Å²) in [5.41, 5.74) is 8.90. The van der Waals surface area contributed by atoms with Crippen molar-refractivity contribution in [2.75, 3.05) is 0 Å². The van der Waals surface area contributed by atoms with Crippen LogP contribution in [0.25, 0.3) is 11.0 Å². The van der Waals surface area contributed by atoms with Crippen molar-refractivity contribution in [1.29, 1.82) is 0 Å². The zero-order valence-corrected chi connectivity index (χ0v) is 17.6. The SMILES string of the molecule is CCc1nnsc1C(=O)NNC(=O)c1ccc(CSc2nc3ccccc3[nH]2)cc1. The second-order valence-electron chi connectivity index (χ2n) is 6.36. The third kappa shape index (κ3) is 4.50. The number of thioether (sulfide) groups is 1. The van der Waals surface area contributed by atoms with Crippen molar-refractivity contribution < 1.29 is 9.59 Å². The Balaban J connectivity index is 1.31. The van der Waals surface area contributed by atoms with Crippen LogP contribution in [0.1, 0.15) is 38.2 Å². The number of amides is 2. The van der Waals surface area contributed by atoms with Crippen molar-refractivity contribution in [2.45, 2.75) is 24.3 Å². The Kier molecular flexibility index (Phi) is 6.05. The number of carbonyl (C=O) groups is 2. The summed E-state index contributed by atoms with van der Waals surface area (Å²) >= 11 is 2.60. The number of aryl methyl sites for hydroxylation is 1. The molecule has 3 N–H and O–H groups in total. The molecular formula is C20H18N6O2S2. The number of hydrazine groups is 1. The van der Waals surface area contributed by atoms with Crippen LogP contribution < -0.4 is 10.9 Å². The maximum absolute atomic E-state index is 12.3. The highest BCUT2D eigenvalue weighted by atomic mass is 32.2. The first-order valence-corrected chi connectivity index (χ1v) is 11.0. The number of carbonyl (C=O) groups excluding carboxylic acids is 2. The summed E-state index contributed by atoms with van der Waals surface area (Å²) in [6.45, 7) is 1.89. The maximum atomic E-state index is 12.3. The van der Waals surface area contributed by atoms with Crippen LogP contribution in [0, 0.1) is 0 Å². The van der Waals surface area contributed by atoms with Gasteiger partial charge in [-0.1, -0.05) is 47.4 Å². The summed E-state index contributed by atoms with van der Waals surface area (Å²) in [6.07, 6.45) is 0.598. The second-order valence-corrected chi connectivity index (χ2v) is 8.07. The predicted octanol–water partition coefficient (Wildman–Crippen LogP) is 3.34. The molecule has 2 heterocycles. The molecule has 10 heteroatoms. The van der Waals surface area contributed by atoms with Gasteiger partial charge in [0, 0.05) is 11.3 Å². The molecule has 30 heavy (non-hydrogen) atoms. The summed E-state index contributed by atoms with van der Waals surface area (Å²) in [6, 6.07) is 15.1. The molecule has 0 aliphatic rings. The molecule has 2 amide bonds. The van der Waals surface area contributed by atoms with Crippen molar-refractivity contribution in [2.24, 2.45) is 0 Å². The Bertz CT molecular complexity index is 1150. The van der Waals surface area contributed by atoms with Gasteiger partial charge in [0.15, 0.2) is 5.16 Å². The van der Waals surface area contributed by atoms with Crippen LogP contribution in [-0.2, 0) is 12.2 Å². The van der Waals surface area contributed by atoms with Gasteiger partial charge >= 0.3 is 0 Å². The minimum Gasteiger partial charge on any atom is -0.333 e. The van der Waals surface area contributed by atoms with E-state index in [9.17, 15) is 9.59 Å². The number of nitrogens with one attached hydrogen (secondary N) is 3. The monoisotopic (exact) mass is 438 g/mol. The minimum absolute atomic E-state index is 0.393. The Hall–Kier alpha value is -3.24. The highest BCUT2D eigenvalue weighted by molar-refractivity contribution is 7.98. The third-order valence-electron chi connectivity index (χ3n) is 4.35. The molecule has 0 radical (unpaired) electrons. The number of nitrogens with zero attached hydrogens (tertiary/aromatic N) is 3. The van der Waals surface area contributed by atoms with E-state index < -0.39 is 11.8 Å². The van der Waals surface area contributed by atoms with Gasteiger partial charge in [0.2, 0.25) is 0 Å². The first-order chi connectivity index (χ1) is 14.6. The molecule has 0 unspecified atom stereocenters. The molecule has 2 aromatic carbocycles. The van der Waals surface area contributed by atoms with Crippen LogP contribution in [0.5, 0.6) is 0 Å². The molecule has 0 aliphatic heterocycles. The van der Waals surface area contributed by atoms with Gasteiger partial charge in [-0.2, -0.15) is 0 Å². The largest absolute Gasteiger partial charge is 0.333 e. The molecule has 0 atom stereocenters. The fourth-order valence-corrected chi connectivity index (χ4v) is 4.24.